The van der Waals surface area contributed by atoms with Crippen molar-refractivity contribution >= 4 is 23.5 Å². The number of aromatic nitrogens is 2. The number of anilines is 1. The molecule has 2 aromatic carbocycles. The van der Waals surface area contributed by atoms with Gasteiger partial charge in [0.05, 0.1) is 0 Å². The molecule has 0 bridgehead atoms. The Morgan fingerprint density at radius 2 is 1.83 bits per heavy atom. The molecule has 23 heavy (non-hydrogen) atoms. The van der Waals surface area contributed by atoms with Crippen LogP contribution in [0.3, 0.4) is 0 Å². The molecular weight excluding hydrogens is 314 g/mol. The molecule has 0 saturated heterocycles. The number of hydrogen-bond acceptors (Lipinski definition) is 4. The lowest BCUT2D eigenvalue weighted by molar-refractivity contribution is 0.102. The summed E-state index contributed by atoms with van der Waals surface area (Å²) in [5, 5.41) is 10.9. The maximum Gasteiger partial charge on any atom is 0.322 e. The van der Waals surface area contributed by atoms with Gasteiger partial charge in [-0.05, 0) is 44.2 Å². The molecule has 1 aromatic heterocycles. The van der Waals surface area contributed by atoms with Crippen molar-refractivity contribution in [2.45, 2.75) is 13.8 Å². The first kappa shape index (κ1) is 15.2. The minimum Gasteiger partial charge on any atom is -0.403 e. The third-order valence-electron chi connectivity index (χ3n) is 3.20. The molecule has 1 amide bonds. The zero-order valence-corrected chi connectivity index (χ0v) is 13.4. The highest BCUT2D eigenvalue weighted by Gasteiger charge is 2.13. The molecule has 1 heterocycles. The Hall–Kier alpha value is -2.66. The van der Waals surface area contributed by atoms with Gasteiger partial charge in [-0.15, -0.1) is 5.10 Å². The summed E-state index contributed by atoms with van der Waals surface area (Å²) >= 11 is 5.87. The van der Waals surface area contributed by atoms with E-state index in [1.165, 1.54) is 0 Å². The van der Waals surface area contributed by atoms with Gasteiger partial charge >= 0.3 is 6.01 Å². The van der Waals surface area contributed by atoms with E-state index in [0.29, 0.717) is 16.5 Å². The van der Waals surface area contributed by atoms with E-state index in [1.807, 2.05) is 26.0 Å². The Kier molecular flexibility index (Phi) is 4.12. The highest BCUT2D eigenvalue weighted by molar-refractivity contribution is 6.31. The summed E-state index contributed by atoms with van der Waals surface area (Å²) in [5.41, 5.74) is 3.44. The van der Waals surface area contributed by atoms with E-state index in [2.05, 4.69) is 21.6 Å². The van der Waals surface area contributed by atoms with Gasteiger partial charge in [0.2, 0.25) is 5.89 Å². The van der Waals surface area contributed by atoms with Crippen LogP contribution in [0.4, 0.5) is 6.01 Å². The van der Waals surface area contributed by atoms with Gasteiger partial charge in [-0.1, -0.05) is 40.0 Å². The second-order valence-electron chi connectivity index (χ2n) is 5.25. The van der Waals surface area contributed by atoms with Crippen molar-refractivity contribution in [3.63, 3.8) is 0 Å². The van der Waals surface area contributed by atoms with Crippen LogP contribution >= 0.6 is 11.6 Å². The number of aryl methyl sites for hydroxylation is 2. The third-order valence-corrected chi connectivity index (χ3v) is 3.44. The molecule has 0 unspecified atom stereocenters. The van der Waals surface area contributed by atoms with Gasteiger partial charge in [0, 0.05) is 16.1 Å². The van der Waals surface area contributed by atoms with Crippen molar-refractivity contribution in [2.75, 3.05) is 5.32 Å². The summed E-state index contributed by atoms with van der Waals surface area (Å²) in [6.45, 7) is 3.99. The van der Waals surface area contributed by atoms with E-state index in [9.17, 15) is 4.79 Å². The molecule has 0 aliphatic heterocycles. The fraction of sp³-hybridized carbons (Fsp3) is 0.118. The second kappa shape index (κ2) is 6.22. The number of carbonyl (C=O) groups excluding carboxylic acids is 1. The van der Waals surface area contributed by atoms with Crippen LogP contribution in [0, 0.1) is 13.8 Å². The molecule has 0 aliphatic carbocycles. The number of hydrogen-bond donors (Lipinski definition) is 1. The minimum atomic E-state index is -0.358. The number of rotatable bonds is 3. The topological polar surface area (TPSA) is 68.0 Å². The van der Waals surface area contributed by atoms with E-state index in [4.69, 9.17) is 16.0 Å². The maximum absolute atomic E-state index is 12.1. The number of carbonyl (C=O) groups is 1. The maximum atomic E-state index is 12.1. The number of benzene rings is 2. The zero-order chi connectivity index (χ0) is 16.4. The molecule has 3 aromatic rings. The Labute approximate surface area is 138 Å². The van der Waals surface area contributed by atoms with Crippen LogP contribution in [0.15, 0.2) is 46.9 Å². The van der Waals surface area contributed by atoms with Gasteiger partial charge in [0.1, 0.15) is 0 Å². The predicted molar refractivity (Wildman–Crippen MR) is 88.6 cm³/mol. The van der Waals surface area contributed by atoms with Crippen molar-refractivity contribution in [2.24, 2.45) is 0 Å². The third kappa shape index (κ3) is 3.57. The summed E-state index contributed by atoms with van der Waals surface area (Å²) in [7, 11) is 0. The predicted octanol–water partition coefficient (Wildman–Crippen LogP) is 4.26. The lowest BCUT2D eigenvalue weighted by Crippen LogP contribution is -2.11. The SMILES string of the molecule is Cc1cc(C)cc(-c2nnc(NC(=O)c3cccc(Cl)c3)o2)c1. The number of nitrogens with zero attached hydrogens (tertiary/aromatic N) is 2. The quantitative estimate of drug-likeness (QED) is 0.780. The van der Waals surface area contributed by atoms with E-state index in [0.717, 1.165) is 16.7 Å². The van der Waals surface area contributed by atoms with Crippen molar-refractivity contribution in [3.8, 4) is 11.5 Å². The zero-order valence-electron chi connectivity index (χ0n) is 12.6. The van der Waals surface area contributed by atoms with Crippen LogP contribution in [0.2, 0.25) is 5.02 Å². The highest BCUT2D eigenvalue weighted by Crippen LogP contribution is 2.22. The van der Waals surface area contributed by atoms with Gasteiger partial charge < -0.3 is 4.42 Å². The first-order valence-electron chi connectivity index (χ1n) is 7.00. The Bertz CT molecular complexity index is 854. The van der Waals surface area contributed by atoms with Gasteiger partial charge in [0.25, 0.3) is 5.91 Å². The highest BCUT2D eigenvalue weighted by atomic mass is 35.5. The van der Waals surface area contributed by atoms with Gasteiger partial charge in [-0.3, -0.25) is 10.1 Å². The molecule has 0 atom stereocenters. The lowest BCUT2D eigenvalue weighted by atomic mass is 10.1. The fourth-order valence-corrected chi connectivity index (χ4v) is 2.48. The van der Waals surface area contributed by atoms with E-state index >= 15 is 0 Å². The Morgan fingerprint density at radius 3 is 2.52 bits per heavy atom. The van der Waals surface area contributed by atoms with Crippen molar-refractivity contribution in [3.05, 3.63) is 64.2 Å². The van der Waals surface area contributed by atoms with Crippen LogP contribution in [-0.2, 0) is 0 Å². The fourth-order valence-electron chi connectivity index (χ4n) is 2.29. The average Bonchev–Trinajstić information content (AvgIpc) is 2.95. The van der Waals surface area contributed by atoms with E-state index in [-0.39, 0.29) is 11.9 Å². The van der Waals surface area contributed by atoms with Gasteiger partial charge in [-0.2, -0.15) is 0 Å². The van der Waals surface area contributed by atoms with Gasteiger partial charge in [0.15, 0.2) is 0 Å². The Balaban J connectivity index is 1.81. The summed E-state index contributed by atoms with van der Waals surface area (Å²) in [6, 6.07) is 12.6. The van der Waals surface area contributed by atoms with Crippen molar-refractivity contribution in [1.29, 1.82) is 0 Å². The molecule has 6 heteroatoms. The number of amides is 1. The normalized spacial score (nSPS) is 10.6. The largest absolute Gasteiger partial charge is 0.403 e. The molecule has 0 fully saturated rings. The Morgan fingerprint density at radius 1 is 1.09 bits per heavy atom. The van der Waals surface area contributed by atoms with Crippen LogP contribution < -0.4 is 5.32 Å². The van der Waals surface area contributed by atoms with Gasteiger partial charge in [-0.25, -0.2) is 0 Å². The molecule has 1 N–H and O–H groups in total. The van der Waals surface area contributed by atoms with E-state index < -0.39 is 0 Å². The molecule has 0 aliphatic rings. The first-order chi connectivity index (χ1) is 11.0. The standard InChI is InChI=1S/C17H14ClN3O2/c1-10-6-11(2)8-13(7-10)16-20-21-17(23-16)19-15(22)12-4-3-5-14(18)9-12/h3-9H,1-2H3,(H,19,21,22). The monoisotopic (exact) mass is 327 g/mol. The summed E-state index contributed by atoms with van der Waals surface area (Å²) in [4.78, 5) is 12.1. The average molecular weight is 328 g/mol. The minimum absolute atomic E-state index is 0.0455. The number of halogens is 1. The first-order valence-corrected chi connectivity index (χ1v) is 7.38. The van der Waals surface area contributed by atoms with Crippen LogP contribution in [0.5, 0.6) is 0 Å². The van der Waals surface area contributed by atoms with Crippen LogP contribution in [0.1, 0.15) is 21.5 Å². The van der Waals surface area contributed by atoms with Crippen molar-refractivity contribution in [1.82, 2.24) is 10.2 Å². The lowest BCUT2D eigenvalue weighted by Gasteiger charge is -2.01. The summed E-state index contributed by atoms with van der Waals surface area (Å²) < 4.78 is 5.51. The van der Waals surface area contributed by atoms with E-state index in [1.54, 1.807) is 24.3 Å². The molecule has 5 nitrogen and oxygen atoms in total. The smallest absolute Gasteiger partial charge is 0.322 e. The summed E-state index contributed by atoms with van der Waals surface area (Å²) in [5.74, 6) is 0.00122. The van der Waals surface area contributed by atoms with Crippen LogP contribution in [0.25, 0.3) is 11.5 Å². The molecule has 116 valence electrons. The van der Waals surface area contributed by atoms with Crippen molar-refractivity contribution < 1.29 is 9.21 Å². The number of nitrogens with one attached hydrogen (secondary N) is 1. The molecule has 0 radical (unpaired) electrons. The molecule has 0 saturated carbocycles. The second-order valence-corrected chi connectivity index (χ2v) is 5.69. The molecular formula is C17H14ClN3O2. The molecule has 3 rings (SSSR count). The molecule has 0 spiro atoms. The van der Waals surface area contributed by atoms with Crippen LogP contribution in [-0.4, -0.2) is 16.1 Å². The summed E-state index contributed by atoms with van der Waals surface area (Å²) in [6.07, 6.45) is 0.